The van der Waals surface area contributed by atoms with Gasteiger partial charge in [0.15, 0.2) is 0 Å². The van der Waals surface area contributed by atoms with Gasteiger partial charge in [0, 0.05) is 18.8 Å². The number of Topliss-reactive ketones (excluding diaryl/α,β-unsaturated/α-hetero) is 1. The van der Waals surface area contributed by atoms with Crippen molar-refractivity contribution in [2.24, 2.45) is 11.8 Å². The van der Waals surface area contributed by atoms with Gasteiger partial charge in [-0.05, 0) is 42.7 Å². The Morgan fingerprint density at radius 2 is 1.96 bits per heavy atom. The van der Waals surface area contributed by atoms with Crippen LogP contribution in [0.5, 0.6) is 0 Å². The molecule has 2 atom stereocenters. The van der Waals surface area contributed by atoms with Crippen LogP contribution in [0.25, 0.3) is 6.08 Å². The molecule has 1 N–H and O–H groups in total. The van der Waals surface area contributed by atoms with Crippen molar-refractivity contribution in [3.05, 3.63) is 41.5 Å². The smallest absolute Gasteiger partial charge is 0.303 e. The number of carboxylic acids is 1. The molecular formula is C22H30O3. The standard InChI is InChI=1S/C22H30O3/c1-2-17-9-7-8-10-18(17)13-14-19-15-16-21(23)20(19)11-5-3-4-6-12-22(24)25/h7-10,13-14,19-20H,2-6,11-12,15-16H2,1H3,(H,24,25)/b14-13+. The molecule has 1 aliphatic carbocycles. The van der Waals surface area contributed by atoms with Crippen LogP contribution in [0.3, 0.4) is 0 Å². The summed E-state index contributed by atoms with van der Waals surface area (Å²) in [7, 11) is 0. The Kier molecular flexibility index (Phi) is 7.90. The lowest BCUT2D eigenvalue weighted by molar-refractivity contribution is -0.137. The molecule has 2 rings (SSSR count). The van der Waals surface area contributed by atoms with E-state index < -0.39 is 5.97 Å². The number of aliphatic carboxylic acids is 1. The topological polar surface area (TPSA) is 54.4 Å². The Balaban J connectivity index is 1.84. The van der Waals surface area contributed by atoms with E-state index in [0.717, 1.165) is 44.9 Å². The van der Waals surface area contributed by atoms with Crippen LogP contribution in [-0.4, -0.2) is 16.9 Å². The average Bonchev–Trinajstić information content (AvgIpc) is 2.96. The van der Waals surface area contributed by atoms with Gasteiger partial charge in [0.1, 0.15) is 5.78 Å². The van der Waals surface area contributed by atoms with Crippen LogP contribution >= 0.6 is 0 Å². The van der Waals surface area contributed by atoms with Crippen LogP contribution in [0.15, 0.2) is 30.3 Å². The van der Waals surface area contributed by atoms with E-state index in [9.17, 15) is 9.59 Å². The van der Waals surface area contributed by atoms with Crippen molar-refractivity contribution in [2.45, 2.75) is 64.7 Å². The molecule has 0 aliphatic heterocycles. The summed E-state index contributed by atoms with van der Waals surface area (Å²) >= 11 is 0. The molecule has 0 radical (unpaired) electrons. The summed E-state index contributed by atoms with van der Waals surface area (Å²) in [5.74, 6) is 0.202. The van der Waals surface area contributed by atoms with E-state index in [1.165, 1.54) is 11.1 Å². The Labute approximate surface area is 151 Å². The highest BCUT2D eigenvalue weighted by Gasteiger charge is 2.32. The van der Waals surface area contributed by atoms with E-state index in [4.69, 9.17) is 5.11 Å². The first-order chi connectivity index (χ1) is 12.1. The molecule has 136 valence electrons. The number of carbonyl (C=O) groups is 2. The molecular weight excluding hydrogens is 312 g/mol. The monoisotopic (exact) mass is 342 g/mol. The maximum atomic E-state index is 12.2. The van der Waals surface area contributed by atoms with Crippen molar-refractivity contribution >= 4 is 17.8 Å². The number of allylic oxidation sites excluding steroid dienone is 1. The molecule has 0 saturated heterocycles. The van der Waals surface area contributed by atoms with Gasteiger partial charge in [-0.1, -0.05) is 62.6 Å². The van der Waals surface area contributed by atoms with Gasteiger partial charge in [0.05, 0.1) is 0 Å². The Hall–Kier alpha value is -1.90. The quantitative estimate of drug-likeness (QED) is 0.588. The van der Waals surface area contributed by atoms with Gasteiger partial charge in [-0.15, -0.1) is 0 Å². The van der Waals surface area contributed by atoms with E-state index >= 15 is 0 Å². The minimum atomic E-state index is -0.719. The molecule has 25 heavy (non-hydrogen) atoms. The fourth-order valence-corrected chi connectivity index (χ4v) is 3.78. The van der Waals surface area contributed by atoms with Crippen LogP contribution in [0.4, 0.5) is 0 Å². The van der Waals surface area contributed by atoms with E-state index in [2.05, 4.69) is 43.3 Å². The minimum Gasteiger partial charge on any atom is -0.481 e. The highest BCUT2D eigenvalue weighted by Crippen LogP contribution is 2.34. The summed E-state index contributed by atoms with van der Waals surface area (Å²) in [6.45, 7) is 2.17. The van der Waals surface area contributed by atoms with Crippen LogP contribution in [-0.2, 0) is 16.0 Å². The predicted octanol–water partition coefficient (Wildman–Crippen LogP) is 5.28. The van der Waals surface area contributed by atoms with Gasteiger partial charge in [-0.3, -0.25) is 9.59 Å². The van der Waals surface area contributed by atoms with Gasteiger partial charge < -0.3 is 5.11 Å². The maximum Gasteiger partial charge on any atom is 0.303 e. The number of unbranched alkanes of at least 4 members (excludes halogenated alkanes) is 3. The largest absolute Gasteiger partial charge is 0.481 e. The SMILES string of the molecule is CCc1ccccc1/C=C/C1CCC(=O)C1CCCCCCC(=O)O. The maximum absolute atomic E-state index is 12.2. The summed E-state index contributed by atoms with van der Waals surface area (Å²) in [5, 5.41) is 8.65. The van der Waals surface area contributed by atoms with E-state index in [-0.39, 0.29) is 12.3 Å². The zero-order valence-electron chi connectivity index (χ0n) is 15.2. The van der Waals surface area contributed by atoms with Gasteiger partial charge >= 0.3 is 5.97 Å². The van der Waals surface area contributed by atoms with Gasteiger partial charge in [0.25, 0.3) is 0 Å². The number of hydrogen-bond acceptors (Lipinski definition) is 2. The van der Waals surface area contributed by atoms with Crippen LogP contribution in [0.1, 0.15) is 69.4 Å². The molecule has 0 bridgehead atoms. The number of carboxylic acid groups (broad SMARTS) is 1. The lowest BCUT2D eigenvalue weighted by Crippen LogP contribution is -2.13. The van der Waals surface area contributed by atoms with E-state index in [1.54, 1.807) is 0 Å². The third-order valence-electron chi connectivity index (χ3n) is 5.27. The van der Waals surface area contributed by atoms with Gasteiger partial charge in [-0.2, -0.15) is 0 Å². The highest BCUT2D eigenvalue weighted by molar-refractivity contribution is 5.84. The zero-order chi connectivity index (χ0) is 18.1. The fraction of sp³-hybridized carbons (Fsp3) is 0.545. The number of benzene rings is 1. The molecule has 0 amide bonds. The normalized spacial score (nSPS) is 20.4. The number of rotatable bonds is 10. The lowest BCUT2D eigenvalue weighted by Gasteiger charge is -2.15. The van der Waals surface area contributed by atoms with Crippen LogP contribution < -0.4 is 0 Å². The summed E-state index contributed by atoms with van der Waals surface area (Å²) < 4.78 is 0. The molecule has 1 fully saturated rings. The minimum absolute atomic E-state index is 0.157. The molecule has 3 heteroatoms. The summed E-state index contributed by atoms with van der Waals surface area (Å²) in [6.07, 6.45) is 12.0. The molecule has 1 aromatic carbocycles. The molecule has 0 spiro atoms. The Morgan fingerprint density at radius 1 is 1.20 bits per heavy atom. The number of ketones is 1. The second kappa shape index (κ2) is 10.2. The summed E-state index contributed by atoms with van der Waals surface area (Å²) in [6, 6.07) is 8.44. The van der Waals surface area contributed by atoms with Crippen molar-refractivity contribution in [3.63, 3.8) is 0 Å². The molecule has 1 aromatic rings. The van der Waals surface area contributed by atoms with Crippen LogP contribution in [0.2, 0.25) is 0 Å². The van der Waals surface area contributed by atoms with Crippen molar-refractivity contribution < 1.29 is 14.7 Å². The van der Waals surface area contributed by atoms with Crippen LogP contribution in [0, 0.1) is 11.8 Å². The molecule has 2 unspecified atom stereocenters. The second-order valence-corrected chi connectivity index (χ2v) is 7.03. The molecule has 0 aromatic heterocycles. The number of carbonyl (C=O) groups excluding carboxylic acids is 1. The number of aryl methyl sites for hydroxylation is 1. The molecule has 3 nitrogen and oxygen atoms in total. The Morgan fingerprint density at radius 3 is 2.72 bits per heavy atom. The number of hydrogen-bond donors (Lipinski definition) is 1. The second-order valence-electron chi connectivity index (χ2n) is 7.03. The molecule has 0 heterocycles. The first kappa shape index (κ1) is 19.4. The lowest BCUT2D eigenvalue weighted by atomic mass is 9.89. The summed E-state index contributed by atoms with van der Waals surface area (Å²) in [5.41, 5.74) is 2.61. The van der Waals surface area contributed by atoms with E-state index in [0.29, 0.717) is 18.1 Å². The fourth-order valence-electron chi connectivity index (χ4n) is 3.78. The molecule has 1 saturated carbocycles. The summed E-state index contributed by atoms with van der Waals surface area (Å²) in [4.78, 5) is 22.7. The zero-order valence-corrected chi connectivity index (χ0v) is 15.2. The van der Waals surface area contributed by atoms with Gasteiger partial charge in [-0.25, -0.2) is 0 Å². The van der Waals surface area contributed by atoms with Crippen molar-refractivity contribution in [1.29, 1.82) is 0 Å². The highest BCUT2D eigenvalue weighted by atomic mass is 16.4. The third-order valence-corrected chi connectivity index (χ3v) is 5.27. The molecule has 1 aliphatic rings. The van der Waals surface area contributed by atoms with Crippen molar-refractivity contribution in [3.8, 4) is 0 Å². The third kappa shape index (κ3) is 6.15. The van der Waals surface area contributed by atoms with Crippen molar-refractivity contribution in [2.75, 3.05) is 0 Å². The Bertz CT molecular complexity index is 603. The predicted molar refractivity (Wildman–Crippen MR) is 101 cm³/mol. The van der Waals surface area contributed by atoms with E-state index in [1.807, 2.05) is 0 Å². The average molecular weight is 342 g/mol. The first-order valence-corrected chi connectivity index (χ1v) is 9.62. The first-order valence-electron chi connectivity index (χ1n) is 9.62. The van der Waals surface area contributed by atoms with Gasteiger partial charge in [0.2, 0.25) is 0 Å². The van der Waals surface area contributed by atoms with Crippen molar-refractivity contribution in [1.82, 2.24) is 0 Å².